The first-order valence-corrected chi connectivity index (χ1v) is 8.56. The third-order valence-electron chi connectivity index (χ3n) is 4.92. The molecule has 0 aromatic heterocycles. The lowest BCUT2D eigenvalue weighted by Gasteiger charge is -2.20. The van der Waals surface area contributed by atoms with Crippen molar-refractivity contribution in [1.29, 1.82) is 0 Å². The van der Waals surface area contributed by atoms with E-state index in [1.165, 1.54) is 12.1 Å². The Balaban J connectivity index is 1.64. The minimum atomic E-state index is -0.385. The van der Waals surface area contributed by atoms with Gasteiger partial charge in [-0.05, 0) is 37.0 Å². The van der Waals surface area contributed by atoms with Crippen LogP contribution in [-0.2, 0) is 14.4 Å². The molecule has 1 aliphatic heterocycles. The molecule has 1 saturated heterocycles. The smallest absolute Gasteiger partial charge is 0.240 e. The summed E-state index contributed by atoms with van der Waals surface area (Å²) in [7, 11) is 0. The van der Waals surface area contributed by atoms with Gasteiger partial charge in [0.2, 0.25) is 17.7 Å². The second kappa shape index (κ2) is 7.17. The van der Waals surface area contributed by atoms with E-state index in [2.05, 4.69) is 5.32 Å². The zero-order valence-electron chi connectivity index (χ0n) is 14.1. The fourth-order valence-corrected chi connectivity index (χ4v) is 3.52. The average molecular weight is 344 g/mol. The minimum absolute atomic E-state index is 0.260. The summed E-state index contributed by atoms with van der Waals surface area (Å²) in [5.41, 5.74) is 0.786. The van der Waals surface area contributed by atoms with E-state index in [-0.39, 0.29) is 48.0 Å². The molecule has 25 heavy (non-hydrogen) atoms. The van der Waals surface area contributed by atoms with Gasteiger partial charge < -0.3 is 5.32 Å². The quantitative estimate of drug-likeness (QED) is 0.659. The van der Waals surface area contributed by atoms with Gasteiger partial charge in [0, 0.05) is 0 Å². The highest BCUT2D eigenvalue weighted by molar-refractivity contribution is 6.07. The number of nitrogens with one attached hydrogen (secondary N) is 1. The number of likely N-dealkylation sites (tertiary alicyclic amines) is 1. The first-order chi connectivity index (χ1) is 12.0. The van der Waals surface area contributed by atoms with Gasteiger partial charge in [-0.25, -0.2) is 4.39 Å². The van der Waals surface area contributed by atoms with Crippen LogP contribution in [0.4, 0.5) is 4.39 Å². The fourth-order valence-electron chi connectivity index (χ4n) is 3.52. The number of halogens is 1. The van der Waals surface area contributed by atoms with Crippen molar-refractivity contribution in [3.63, 3.8) is 0 Å². The number of imide groups is 1. The SMILES string of the molecule is CC[C@H](NC(=O)CN1C(=O)[C@H]2CC=CC[C@H]2C1=O)c1ccc(F)cc1. The van der Waals surface area contributed by atoms with Crippen molar-refractivity contribution >= 4 is 17.7 Å². The van der Waals surface area contributed by atoms with Crippen molar-refractivity contribution in [2.75, 3.05) is 6.54 Å². The Morgan fingerprint density at radius 3 is 2.24 bits per heavy atom. The van der Waals surface area contributed by atoms with Crippen LogP contribution in [0.15, 0.2) is 36.4 Å². The monoisotopic (exact) mass is 344 g/mol. The Kier molecular flexibility index (Phi) is 4.97. The molecule has 1 heterocycles. The summed E-state index contributed by atoms with van der Waals surface area (Å²) in [6.07, 6.45) is 5.56. The summed E-state index contributed by atoms with van der Waals surface area (Å²) in [6, 6.07) is 5.64. The van der Waals surface area contributed by atoms with Crippen LogP contribution in [-0.4, -0.2) is 29.2 Å². The molecule has 0 saturated carbocycles. The average Bonchev–Trinajstić information content (AvgIpc) is 2.86. The second-order valence-corrected chi connectivity index (χ2v) is 6.50. The topological polar surface area (TPSA) is 66.5 Å². The molecule has 2 aliphatic rings. The maximum absolute atomic E-state index is 13.0. The normalized spacial score (nSPS) is 23.5. The van der Waals surface area contributed by atoms with E-state index in [0.717, 1.165) is 10.5 Å². The van der Waals surface area contributed by atoms with E-state index < -0.39 is 0 Å². The van der Waals surface area contributed by atoms with Crippen LogP contribution < -0.4 is 5.32 Å². The van der Waals surface area contributed by atoms with Crippen LogP contribution >= 0.6 is 0 Å². The summed E-state index contributed by atoms with van der Waals surface area (Å²) in [5.74, 6) is -1.90. The van der Waals surface area contributed by atoms with E-state index in [1.807, 2.05) is 19.1 Å². The van der Waals surface area contributed by atoms with Crippen molar-refractivity contribution < 1.29 is 18.8 Å². The lowest BCUT2D eigenvalue weighted by molar-refractivity contribution is -0.143. The summed E-state index contributed by atoms with van der Waals surface area (Å²) in [6.45, 7) is 1.64. The van der Waals surface area contributed by atoms with Crippen LogP contribution in [0.25, 0.3) is 0 Å². The number of carbonyl (C=O) groups excluding carboxylic acids is 3. The third kappa shape index (κ3) is 3.48. The molecule has 0 unspecified atom stereocenters. The van der Waals surface area contributed by atoms with Gasteiger partial charge in [0.15, 0.2) is 0 Å². The third-order valence-corrected chi connectivity index (χ3v) is 4.92. The van der Waals surface area contributed by atoms with E-state index in [9.17, 15) is 18.8 Å². The summed E-state index contributed by atoms with van der Waals surface area (Å²) < 4.78 is 13.0. The number of amides is 3. The molecule has 3 atom stereocenters. The van der Waals surface area contributed by atoms with Crippen molar-refractivity contribution in [2.45, 2.75) is 32.2 Å². The molecule has 1 aromatic carbocycles. The number of benzene rings is 1. The van der Waals surface area contributed by atoms with Crippen molar-refractivity contribution in [2.24, 2.45) is 11.8 Å². The van der Waals surface area contributed by atoms with Crippen LogP contribution in [0.3, 0.4) is 0 Å². The maximum Gasteiger partial charge on any atom is 0.240 e. The van der Waals surface area contributed by atoms with E-state index in [0.29, 0.717) is 19.3 Å². The molecule has 6 heteroatoms. The van der Waals surface area contributed by atoms with Crippen LogP contribution in [0.2, 0.25) is 0 Å². The zero-order chi connectivity index (χ0) is 18.0. The highest BCUT2D eigenvalue weighted by atomic mass is 19.1. The standard InChI is InChI=1S/C19H21FN2O3/c1-2-16(12-7-9-13(20)10-8-12)21-17(23)11-22-18(24)14-5-3-4-6-15(14)19(22)25/h3-4,7-10,14-16H,2,5-6,11H2,1H3,(H,21,23)/t14-,15+,16-/m0/s1. The molecule has 0 spiro atoms. The molecular weight excluding hydrogens is 323 g/mol. The first kappa shape index (κ1) is 17.3. The van der Waals surface area contributed by atoms with Gasteiger partial charge in [-0.3, -0.25) is 19.3 Å². The lowest BCUT2D eigenvalue weighted by Crippen LogP contribution is -2.42. The van der Waals surface area contributed by atoms with E-state index in [1.54, 1.807) is 12.1 Å². The number of fused-ring (bicyclic) bond motifs is 1. The number of allylic oxidation sites excluding steroid dienone is 2. The number of hydrogen-bond donors (Lipinski definition) is 1. The summed E-state index contributed by atoms with van der Waals surface area (Å²) in [4.78, 5) is 38.2. The number of rotatable bonds is 5. The molecule has 5 nitrogen and oxygen atoms in total. The molecule has 1 aliphatic carbocycles. The van der Waals surface area contributed by atoms with Gasteiger partial charge in [0.25, 0.3) is 0 Å². The van der Waals surface area contributed by atoms with Gasteiger partial charge in [-0.15, -0.1) is 0 Å². The molecule has 0 radical (unpaired) electrons. The Morgan fingerprint density at radius 2 is 1.72 bits per heavy atom. The van der Waals surface area contributed by atoms with Gasteiger partial charge in [-0.1, -0.05) is 31.2 Å². The van der Waals surface area contributed by atoms with Crippen molar-refractivity contribution in [3.05, 3.63) is 47.8 Å². The molecule has 3 amide bonds. The van der Waals surface area contributed by atoms with E-state index in [4.69, 9.17) is 0 Å². The molecular formula is C19H21FN2O3. The highest BCUT2D eigenvalue weighted by Gasteiger charge is 2.47. The molecule has 0 bridgehead atoms. The highest BCUT2D eigenvalue weighted by Crippen LogP contribution is 2.34. The molecule has 1 N–H and O–H groups in total. The zero-order valence-corrected chi connectivity index (χ0v) is 14.1. The lowest BCUT2D eigenvalue weighted by atomic mass is 9.85. The van der Waals surface area contributed by atoms with Crippen LogP contribution in [0.5, 0.6) is 0 Å². The predicted molar refractivity (Wildman–Crippen MR) is 89.6 cm³/mol. The van der Waals surface area contributed by atoms with E-state index >= 15 is 0 Å². The summed E-state index contributed by atoms with van der Waals surface area (Å²) in [5, 5.41) is 2.83. The molecule has 3 rings (SSSR count). The first-order valence-electron chi connectivity index (χ1n) is 8.56. The number of carbonyl (C=O) groups is 3. The minimum Gasteiger partial charge on any atom is -0.348 e. The number of hydrogen-bond acceptors (Lipinski definition) is 3. The molecule has 1 aromatic rings. The van der Waals surface area contributed by atoms with Crippen LogP contribution in [0, 0.1) is 17.7 Å². The summed E-state index contributed by atoms with van der Waals surface area (Å²) >= 11 is 0. The van der Waals surface area contributed by atoms with Crippen molar-refractivity contribution in [3.8, 4) is 0 Å². The largest absolute Gasteiger partial charge is 0.348 e. The Morgan fingerprint density at radius 1 is 1.16 bits per heavy atom. The van der Waals surface area contributed by atoms with Gasteiger partial charge in [-0.2, -0.15) is 0 Å². The van der Waals surface area contributed by atoms with Gasteiger partial charge >= 0.3 is 0 Å². The maximum atomic E-state index is 13.0. The van der Waals surface area contributed by atoms with Gasteiger partial charge in [0.05, 0.1) is 17.9 Å². The van der Waals surface area contributed by atoms with Crippen molar-refractivity contribution in [1.82, 2.24) is 10.2 Å². The Bertz CT molecular complexity index is 688. The van der Waals surface area contributed by atoms with Gasteiger partial charge in [0.1, 0.15) is 12.4 Å². The molecule has 1 fully saturated rings. The Hall–Kier alpha value is -2.50. The van der Waals surface area contributed by atoms with Crippen LogP contribution in [0.1, 0.15) is 37.8 Å². The Labute approximate surface area is 145 Å². The second-order valence-electron chi connectivity index (χ2n) is 6.50. The number of nitrogens with zero attached hydrogens (tertiary/aromatic N) is 1. The predicted octanol–water partition coefficient (Wildman–Crippen LogP) is 2.34. The molecule has 132 valence electrons. The fraction of sp³-hybridized carbons (Fsp3) is 0.421.